The Morgan fingerprint density at radius 1 is 1.06 bits per heavy atom. The van der Waals surface area contributed by atoms with Crippen LogP contribution in [0.5, 0.6) is 11.6 Å². The van der Waals surface area contributed by atoms with E-state index in [1.165, 1.54) is 0 Å². The number of hydrogen-bond acceptors (Lipinski definition) is 7. The smallest absolute Gasteiger partial charge is 0.322 e. The third kappa shape index (κ3) is 9.48. The number of benzene rings is 2. The quantitative estimate of drug-likeness (QED) is 0.192. The molecule has 1 aromatic heterocycles. The number of urea groups is 1. The van der Waals surface area contributed by atoms with Crippen LogP contribution in [0.25, 0.3) is 0 Å². The molecule has 4 rings (SSSR count). The van der Waals surface area contributed by atoms with Crippen LogP contribution in [0.2, 0.25) is 0 Å². The summed E-state index contributed by atoms with van der Waals surface area (Å²) < 4.78 is 39.5. The molecule has 258 valence electrons. The molecule has 0 radical (unpaired) electrons. The molecule has 1 saturated heterocycles. The zero-order valence-corrected chi connectivity index (χ0v) is 27.9. The number of methoxy groups -OCH3 is 1. The molecule has 0 atom stereocenters. The van der Waals surface area contributed by atoms with Crippen molar-refractivity contribution in [2.24, 2.45) is 5.73 Å². The lowest BCUT2D eigenvalue weighted by Gasteiger charge is -2.38. The van der Waals surface area contributed by atoms with E-state index in [4.69, 9.17) is 15.2 Å². The van der Waals surface area contributed by atoms with Gasteiger partial charge in [-0.2, -0.15) is 0 Å². The summed E-state index contributed by atoms with van der Waals surface area (Å²) in [4.78, 5) is 45.8. The van der Waals surface area contributed by atoms with Crippen LogP contribution >= 0.6 is 0 Å². The molecular weight excluding hydrogens is 622 g/mol. The predicted octanol–water partition coefficient (Wildman–Crippen LogP) is 5.54. The van der Waals surface area contributed by atoms with Crippen LogP contribution in [0.15, 0.2) is 42.6 Å². The van der Waals surface area contributed by atoms with Crippen LogP contribution in [0.3, 0.4) is 0 Å². The molecule has 1 aliphatic heterocycles. The van der Waals surface area contributed by atoms with E-state index in [0.717, 1.165) is 48.7 Å². The number of unbranched alkanes of at least 4 members (excludes halogenated alkanes) is 1. The highest BCUT2D eigenvalue weighted by Gasteiger charge is 2.29. The Kier molecular flexibility index (Phi) is 12.8. The van der Waals surface area contributed by atoms with Gasteiger partial charge < -0.3 is 30.7 Å². The van der Waals surface area contributed by atoms with Crippen molar-refractivity contribution in [1.82, 2.24) is 20.1 Å². The van der Waals surface area contributed by atoms with Gasteiger partial charge in [0.15, 0.2) is 0 Å². The molecule has 13 heteroatoms. The molecule has 1 aliphatic rings. The molecule has 3 aromatic rings. The first-order chi connectivity index (χ1) is 23.0. The van der Waals surface area contributed by atoms with Gasteiger partial charge in [0, 0.05) is 69.8 Å². The van der Waals surface area contributed by atoms with Crippen molar-refractivity contribution in [1.29, 1.82) is 0 Å². The monoisotopic (exact) mass is 666 g/mol. The van der Waals surface area contributed by atoms with Crippen molar-refractivity contribution in [3.63, 3.8) is 0 Å². The Labute approximate surface area is 279 Å². The van der Waals surface area contributed by atoms with Crippen LogP contribution in [0.4, 0.5) is 19.3 Å². The number of aryl methyl sites for hydroxylation is 2. The van der Waals surface area contributed by atoms with Gasteiger partial charge in [0.2, 0.25) is 5.88 Å². The molecule has 0 aliphatic carbocycles. The minimum atomic E-state index is -1.08. The Hall–Kier alpha value is -4.62. The molecule has 11 nitrogen and oxygen atoms in total. The summed E-state index contributed by atoms with van der Waals surface area (Å²) in [5, 5.41) is 5.34. The van der Waals surface area contributed by atoms with E-state index in [-0.39, 0.29) is 17.6 Å². The van der Waals surface area contributed by atoms with Crippen molar-refractivity contribution in [3.05, 3.63) is 82.0 Å². The van der Waals surface area contributed by atoms with E-state index in [1.54, 1.807) is 30.3 Å². The zero-order valence-electron chi connectivity index (χ0n) is 27.9. The summed E-state index contributed by atoms with van der Waals surface area (Å²) in [5.41, 5.74) is 7.61. The highest BCUT2D eigenvalue weighted by molar-refractivity contribution is 5.96. The predicted molar refractivity (Wildman–Crippen MR) is 178 cm³/mol. The summed E-state index contributed by atoms with van der Waals surface area (Å²) in [6.45, 7) is 9.28. The average Bonchev–Trinajstić information content (AvgIpc) is 3.05. The van der Waals surface area contributed by atoms with E-state index >= 15 is 0 Å². The Morgan fingerprint density at radius 3 is 2.38 bits per heavy atom. The highest BCUT2D eigenvalue weighted by Crippen LogP contribution is 2.30. The second-order valence-corrected chi connectivity index (χ2v) is 12.0. The number of nitrogens with zero attached hydrogens (tertiary/aromatic N) is 3. The number of primary amides is 1. The van der Waals surface area contributed by atoms with E-state index in [0.29, 0.717) is 62.3 Å². The summed E-state index contributed by atoms with van der Waals surface area (Å²) in [7, 11) is 1.58. The number of halogens is 2. The fraction of sp³-hybridized carbons (Fsp3) is 0.429. The van der Waals surface area contributed by atoms with Gasteiger partial charge in [-0.25, -0.2) is 18.6 Å². The van der Waals surface area contributed by atoms with Gasteiger partial charge in [0.1, 0.15) is 17.4 Å². The normalized spacial score (nSPS) is 13.6. The van der Waals surface area contributed by atoms with Crippen molar-refractivity contribution in [2.75, 3.05) is 45.2 Å². The fourth-order valence-electron chi connectivity index (χ4n) is 5.73. The van der Waals surface area contributed by atoms with E-state index < -0.39 is 29.1 Å². The molecule has 0 spiro atoms. The van der Waals surface area contributed by atoms with E-state index in [1.807, 2.05) is 32.9 Å². The number of carbonyl (C=O) groups is 3. The van der Waals surface area contributed by atoms with Crippen LogP contribution in [0.1, 0.15) is 70.0 Å². The zero-order chi connectivity index (χ0) is 34.8. The molecule has 0 saturated carbocycles. The van der Waals surface area contributed by atoms with Gasteiger partial charge in [0.05, 0.1) is 17.9 Å². The first kappa shape index (κ1) is 36.2. The number of hydrogen-bond donors (Lipinski definition) is 3. The van der Waals surface area contributed by atoms with Crippen molar-refractivity contribution >= 4 is 23.5 Å². The average molecular weight is 667 g/mol. The largest absolute Gasteiger partial charge is 0.438 e. The summed E-state index contributed by atoms with van der Waals surface area (Å²) in [5.74, 6) is -2.19. The molecule has 4 N–H and O–H groups in total. The fourth-order valence-corrected chi connectivity index (χ4v) is 5.73. The number of pyridine rings is 1. The molecular formula is C35H44F2N6O5. The Bertz CT molecular complexity index is 1570. The van der Waals surface area contributed by atoms with Crippen LogP contribution in [-0.2, 0) is 11.3 Å². The Balaban J connectivity index is 1.33. The maximum Gasteiger partial charge on any atom is 0.322 e. The maximum absolute atomic E-state index is 14.5. The summed E-state index contributed by atoms with van der Waals surface area (Å²) >= 11 is 0. The lowest BCUT2D eigenvalue weighted by atomic mass is 10.0. The van der Waals surface area contributed by atoms with Gasteiger partial charge in [-0.3, -0.25) is 14.5 Å². The minimum absolute atomic E-state index is 0.0740. The van der Waals surface area contributed by atoms with Gasteiger partial charge in [-0.15, -0.1) is 0 Å². The molecule has 4 amide bonds. The number of nitrogens with two attached hydrogens (primary N) is 1. The topological polar surface area (TPSA) is 139 Å². The third-order valence-corrected chi connectivity index (χ3v) is 8.30. The number of amides is 4. The van der Waals surface area contributed by atoms with Gasteiger partial charge in [-0.1, -0.05) is 19.4 Å². The summed E-state index contributed by atoms with van der Waals surface area (Å²) in [6.07, 6.45) is 4.83. The molecule has 0 unspecified atom stereocenters. The molecule has 1 fully saturated rings. The van der Waals surface area contributed by atoms with Crippen molar-refractivity contribution in [2.45, 2.75) is 59.0 Å². The number of piperidine rings is 1. The lowest BCUT2D eigenvalue weighted by Crippen LogP contribution is -2.49. The number of likely N-dealkylation sites (tertiary alicyclic amines) is 1. The van der Waals surface area contributed by atoms with Gasteiger partial charge in [0.25, 0.3) is 11.8 Å². The van der Waals surface area contributed by atoms with E-state index in [2.05, 4.69) is 20.5 Å². The second-order valence-electron chi connectivity index (χ2n) is 12.0. The first-order valence-corrected chi connectivity index (χ1v) is 16.1. The number of nitrogens with one attached hydrogen (secondary N) is 2. The Morgan fingerprint density at radius 2 is 1.77 bits per heavy atom. The SMILES string of the molecule is CCCCN(C(=O)Nc1cc(C(N)=O)c(F)cc1F)C1CCN(Cc2ccc(Oc3c(C)cc(C(=O)NCCOC)cc3C)nc2)CC1. The highest BCUT2D eigenvalue weighted by atomic mass is 19.1. The van der Waals surface area contributed by atoms with Gasteiger partial charge >= 0.3 is 6.03 Å². The third-order valence-electron chi connectivity index (χ3n) is 8.30. The number of aromatic nitrogens is 1. The van der Waals surface area contributed by atoms with Gasteiger partial charge in [-0.05, 0) is 68.0 Å². The van der Waals surface area contributed by atoms with Crippen LogP contribution in [0, 0.1) is 25.5 Å². The first-order valence-electron chi connectivity index (χ1n) is 16.1. The molecule has 0 bridgehead atoms. The number of rotatable bonds is 14. The molecule has 2 aromatic carbocycles. The second kappa shape index (κ2) is 17.0. The van der Waals surface area contributed by atoms with Crippen LogP contribution < -0.4 is 21.1 Å². The number of carbonyl (C=O) groups excluding carboxylic acids is 3. The number of anilines is 1. The standard InChI is InChI=1S/C35H44F2N6O5/c1-5-6-12-43(35(46)41-30-18-27(33(38)44)28(36)19-29(30)37)26-9-13-42(14-10-26)21-24-7-8-31(40-20-24)48-32-22(2)16-25(17-23(32)3)34(45)39-11-15-47-4/h7-8,16-20,26H,5-6,9-15,21H2,1-4H3,(H2,38,44)(H,39,45)(H,41,46). The lowest BCUT2D eigenvalue weighted by molar-refractivity contribution is 0.0935. The minimum Gasteiger partial charge on any atom is -0.438 e. The van der Waals surface area contributed by atoms with E-state index in [9.17, 15) is 23.2 Å². The summed E-state index contributed by atoms with van der Waals surface area (Å²) in [6, 6.07) is 8.26. The number of ether oxygens (including phenoxy) is 2. The molecule has 48 heavy (non-hydrogen) atoms. The van der Waals surface area contributed by atoms with Crippen molar-refractivity contribution in [3.8, 4) is 11.6 Å². The van der Waals surface area contributed by atoms with Crippen molar-refractivity contribution < 1.29 is 32.6 Å². The van der Waals surface area contributed by atoms with Crippen LogP contribution in [-0.4, -0.2) is 78.6 Å². The maximum atomic E-state index is 14.5. The molecule has 2 heterocycles.